The summed E-state index contributed by atoms with van der Waals surface area (Å²) < 4.78 is 35.6. The average Bonchev–Trinajstić information content (AvgIpc) is 1.68. The summed E-state index contributed by atoms with van der Waals surface area (Å²) in [6, 6.07) is 16.4. The monoisotopic (exact) mass is 1300 g/mol. The van der Waals surface area contributed by atoms with Gasteiger partial charge in [-0.2, -0.15) is 0 Å². The highest BCUT2D eigenvalue weighted by atomic mass is 16.5. The second-order valence-corrected chi connectivity index (χ2v) is 26.2. The summed E-state index contributed by atoms with van der Waals surface area (Å²) in [6.07, 6.45) is 33.8. The molecule has 0 bridgehead atoms. The molecule has 506 valence electrons. The van der Waals surface area contributed by atoms with Crippen LogP contribution in [0.3, 0.4) is 0 Å². The van der Waals surface area contributed by atoms with Gasteiger partial charge in [-0.3, -0.25) is 0 Å². The molecule has 0 unspecified atom stereocenters. The molecular weight excluding hydrogens is 1200 g/mol. The molecule has 95 heavy (non-hydrogen) atoms. The summed E-state index contributed by atoms with van der Waals surface area (Å²) in [5.41, 5.74) is 9.01. The fourth-order valence-electron chi connectivity index (χ4n) is 12.8. The van der Waals surface area contributed by atoms with Gasteiger partial charge < -0.3 is 63.7 Å². The number of nitrogens with zero attached hydrogens (tertiary/aromatic N) is 9. The number of hydrogen-bond acceptors (Lipinski definition) is 20. The van der Waals surface area contributed by atoms with Crippen LogP contribution in [0.15, 0.2) is 105 Å². The molecule has 3 aromatic carbocycles. The zero-order valence-corrected chi connectivity index (χ0v) is 55.4. The van der Waals surface area contributed by atoms with Gasteiger partial charge in [0.1, 0.15) is 17.2 Å². The van der Waals surface area contributed by atoms with Crippen molar-refractivity contribution in [2.24, 2.45) is 35.5 Å². The third-order valence-electron chi connectivity index (χ3n) is 18.9. The first-order valence-electron chi connectivity index (χ1n) is 34.5. The summed E-state index contributed by atoms with van der Waals surface area (Å²) in [5, 5.41) is 42.2. The Kier molecular flexibility index (Phi) is 24.5. The molecule has 14 rings (SSSR count). The number of carbonyl (C=O) groups is 2. The Hall–Kier alpha value is -8.47. The number of hydrogen-bond donors (Lipinski definition) is 5. The highest BCUT2D eigenvalue weighted by molar-refractivity contribution is 5.91. The number of allylic oxidation sites excluding steroid dienone is 1. The summed E-state index contributed by atoms with van der Waals surface area (Å²) in [6.45, 7) is 12.2. The Balaban J connectivity index is 0.000000138. The molecule has 5 N–H and O–H groups in total. The highest BCUT2D eigenvalue weighted by Gasteiger charge is 2.29. The van der Waals surface area contributed by atoms with Crippen molar-refractivity contribution in [1.29, 1.82) is 0 Å². The van der Waals surface area contributed by atoms with Crippen LogP contribution in [0.4, 0.5) is 11.9 Å². The quantitative estimate of drug-likeness (QED) is 0.0299. The van der Waals surface area contributed by atoms with Crippen molar-refractivity contribution < 1.29 is 47.6 Å². The van der Waals surface area contributed by atoms with Crippen molar-refractivity contribution in [2.75, 3.05) is 83.0 Å². The smallest absolute Gasteiger partial charge is 0.328 e. The van der Waals surface area contributed by atoms with Gasteiger partial charge in [-0.05, 0) is 234 Å². The first-order valence-corrected chi connectivity index (χ1v) is 34.5. The van der Waals surface area contributed by atoms with Crippen LogP contribution in [-0.2, 0) is 41.9 Å². The maximum atomic E-state index is 9.55. The minimum absolute atomic E-state index is 0.558. The first-order chi connectivity index (χ1) is 46.6. The van der Waals surface area contributed by atoms with E-state index in [0.29, 0.717) is 37.1 Å². The van der Waals surface area contributed by atoms with E-state index >= 15 is 0 Å². The lowest BCUT2D eigenvalue weighted by molar-refractivity contribution is -0.134. The lowest BCUT2D eigenvalue weighted by Gasteiger charge is -2.31. The van der Waals surface area contributed by atoms with Gasteiger partial charge >= 0.3 is 11.9 Å². The van der Waals surface area contributed by atoms with Gasteiger partial charge in [0, 0.05) is 92.4 Å². The number of aromatic nitrogens is 7. The van der Waals surface area contributed by atoms with E-state index in [1.807, 2.05) is 64.0 Å². The average molecular weight is 1300 g/mol. The summed E-state index contributed by atoms with van der Waals surface area (Å²) in [7, 11) is 3.90. The first kappa shape index (κ1) is 67.9. The number of piperidine rings is 3. The third kappa shape index (κ3) is 19.6. The van der Waals surface area contributed by atoms with E-state index in [0.717, 1.165) is 236 Å². The minimum atomic E-state index is -1.26. The Bertz CT molecular complexity index is 3590. The number of nitrogens with one attached hydrogen (secondary N) is 3. The fourth-order valence-corrected chi connectivity index (χ4v) is 12.8. The molecule has 0 spiro atoms. The van der Waals surface area contributed by atoms with Gasteiger partial charge in [0.05, 0.1) is 53.6 Å². The minimum Gasteiger partial charge on any atom is -0.493 e. The lowest BCUT2D eigenvalue weighted by atomic mass is 9.91. The Labute approximate surface area is 556 Å². The number of carboxylic acid groups (broad SMARTS) is 2. The Morgan fingerprint density at radius 2 is 0.884 bits per heavy atom. The second-order valence-electron chi connectivity index (χ2n) is 26.2. The number of ether oxygens (including phenoxy) is 3. The molecule has 6 aliphatic rings. The molecule has 0 amide bonds. The number of aliphatic carboxylic acids is 2. The van der Waals surface area contributed by atoms with Crippen molar-refractivity contribution in [3.8, 4) is 17.2 Å². The summed E-state index contributed by atoms with van der Waals surface area (Å²) in [4.78, 5) is 41.2. The van der Waals surface area contributed by atoms with Crippen molar-refractivity contribution in [3.63, 3.8) is 0 Å². The van der Waals surface area contributed by atoms with Crippen molar-refractivity contribution in [1.82, 2.24) is 51.4 Å². The van der Waals surface area contributed by atoms with Crippen LogP contribution in [0.5, 0.6) is 17.2 Å². The number of carboxylic acids is 2. The van der Waals surface area contributed by atoms with E-state index < -0.39 is 11.9 Å². The van der Waals surface area contributed by atoms with Gasteiger partial charge in [0.2, 0.25) is 11.9 Å². The van der Waals surface area contributed by atoms with Crippen LogP contribution in [-0.4, -0.2) is 131 Å². The molecule has 0 radical (unpaired) electrons. The number of rotatable bonds is 27. The number of aryl methyl sites for hydroxylation is 3. The molecule has 3 saturated heterocycles. The van der Waals surface area contributed by atoms with Crippen molar-refractivity contribution >= 4 is 62.8 Å². The van der Waals surface area contributed by atoms with Gasteiger partial charge in [0.15, 0.2) is 16.7 Å². The SMILES string of the molecule is CC=Cc1c(OCC2CC2)ccc2c(CCC3CCNCC3)noc12.CNCc1c(OCC2CC2)ccc2c(CCC3CCN(c4ncccn4)CC3)noc12.CNCc1c(OCC2CC2)ccc2c(CCC3CCN(c4ncccn4)CC3)noc12.O=C(O)/C=C/C(=O)O. The zero-order chi connectivity index (χ0) is 65.7. The zero-order valence-electron chi connectivity index (χ0n) is 55.4. The fraction of sp³-hybridized carbons (Fsp3) is 0.521. The molecule has 22 nitrogen and oxygen atoms in total. The number of anilines is 2. The molecule has 3 aliphatic carbocycles. The second kappa shape index (κ2) is 34.3. The van der Waals surface area contributed by atoms with E-state index in [2.05, 4.69) is 104 Å². The Morgan fingerprint density at radius 3 is 1.26 bits per heavy atom. The largest absolute Gasteiger partial charge is 0.493 e. The molecule has 8 aromatic rings. The van der Waals surface area contributed by atoms with Gasteiger partial charge in [-0.15, -0.1) is 0 Å². The van der Waals surface area contributed by atoms with Crippen LogP contribution in [0.1, 0.15) is 137 Å². The molecule has 5 aromatic heterocycles. The lowest BCUT2D eigenvalue weighted by Crippen LogP contribution is -2.34. The van der Waals surface area contributed by atoms with Crippen LogP contribution in [0.25, 0.3) is 39.0 Å². The molecule has 3 aliphatic heterocycles. The number of benzene rings is 3. The van der Waals surface area contributed by atoms with Crippen molar-refractivity contribution in [3.05, 3.63) is 125 Å². The topological polar surface area (TPSA) is 275 Å². The maximum Gasteiger partial charge on any atom is 0.328 e. The summed E-state index contributed by atoms with van der Waals surface area (Å²) in [5.74, 6) is 6.34. The van der Waals surface area contributed by atoms with Gasteiger partial charge in [-0.1, -0.05) is 27.6 Å². The molecule has 22 heteroatoms. The molecular formula is C73H94N12O10. The van der Waals surface area contributed by atoms with Crippen LogP contribution >= 0.6 is 0 Å². The predicted octanol–water partition coefficient (Wildman–Crippen LogP) is 12.2. The van der Waals surface area contributed by atoms with Gasteiger partial charge in [0.25, 0.3) is 0 Å². The van der Waals surface area contributed by atoms with E-state index in [1.54, 1.807) is 0 Å². The summed E-state index contributed by atoms with van der Waals surface area (Å²) >= 11 is 0. The number of fused-ring (bicyclic) bond motifs is 3. The molecule has 3 saturated carbocycles. The van der Waals surface area contributed by atoms with Crippen LogP contribution in [0, 0.1) is 35.5 Å². The van der Waals surface area contributed by atoms with E-state index in [4.69, 9.17) is 38.0 Å². The van der Waals surface area contributed by atoms with Crippen LogP contribution in [0.2, 0.25) is 0 Å². The highest BCUT2D eigenvalue weighted by Crippen LogP contribution is 2.39. The van der Waals surface area contributed by atoms with Gasteiger partial charge in [-0.25, -0.2) is 29.5 Å². The van der Waals surface area contributed by atoms with E-state index in [1.165, 1.54) is 57.8 Å². The predicted molar refractivity (Wildman–Crippen MR) is 366 cm³/mol. The Morgan fingerprint density at radius 1 is 0.516 bits per heavy atom. The molecule has 8 heterocycles. The van der Waals surface area contributed by atoms with Crippen molar-refractivity contribution in [2.45, 2.75) is 136 Å². The van der Waals surface area contributed by atoms with E-state index in [9.17, 15) is 9.59 Å². The normalized spacial score (nSPS) is 17.2. The molecule has 0 atom stereocenters. The van der Waals surface area contributed by atoms with E-state index in [-0.39, 0.29) is 0 Å². The standard InChI is InChI=1S/2C24H31N5O2.C21H28N2O2.C4H4O4/c2*1-25-15-20-22(30-16-18-3-4-18)8-6-19-21(28-31-23(19)20)7-5-17-9-13-29(14-10-17)24-26-11-2-12-27-24;1-2-3-18-20(24-14-16-4-5-16)9-7-17-19(23-25-21(17)18)8-6-15-10-12-22-13-11-15;5-3(6)1-2-4(7)8/h2*2,6,8,11-12,17-18,25H,3-5,7,9-10,13-16H2,1H3;2-3,7,9,15-16,22H,4-6,8,10-14H2,1H3;1-2H,(H,5,6)(H,7,8)/b;;;2-1+. The van der Waals surface area contributed by atoms with Crippen LogP contribution < -0.4 is 40.0 Å². The maximum absolute atomic E-state index is 9.55. The third-order valence-corrected chi connectivity index (χ3v) is 18.9. The molecule has 6 fully saturated rings.